The molecule has 0 unspecified atom stereocenters. The highest BCUT2D eigenvalue weighted by molar-refractivity contribution is 5.80. The van der Waals surface area contributed by atoms with Crippen LogP contribution in [-0.2, 0) is 17.9 Å². The zero-order chi connectivity index (χ0) is 23.8. The van der Waals surface area contributed by atoms with Crippen molar-refractivity contribution in [3.05, 3.63) is 75.2 Å². The van der Waals surface area contributed by atoms with Crippen molar-refractivity contribution in [3.63, 3.8) is 0 Å². The van der Waals surface area contributed by atoms with E-state index in [1.54, 1.807) is 41.3 Å². The predicted molar refractivity (Wildman–Crippen MR) is 127 cm³/mol. The number of hydrogen-bond acceptors (Lipinski definition) is 5. The molecule has 0 bridgehead atoms. The largest absolute Gasteiger partial charge is 0.368 e. The zero-order valence-electron chi connectivity index (χ0n) is 18.9. The molecule has 1 aliphatic heterocycles. The van der Waals surface area contributed by atoms with Crippen molar-refractivity contribution in [2.24, 2.45) is 0 Å². The number of amides is 1. The van der Waals surface area contributed by atoms with Crippen molar-refractivity contribution >= 4 is 28.3 Å². The Kier molecular flexibility index (Phi) is 5.64. The minimum atomic E-state index is -0.450. The number of piperazine rings is 1. The quantitative estimate of drug-likeness (QED) is 0.449. The predicted octanol–water partition coefficient (Wildman–Crippen LogP) is 1.71. The molecule has 176 valence electrons. The van der Waals surface area contributed by atoms with Gasteiger partial charge in [0.2, 0.25) is 11.7 Å². The van der Waals surface area contributed by atoms with Gasteiger partial charge in [-0.15, -0.1) is 5.10 Å². The third-order valence-electron chi connectivity index (χ3n) is 6.24. The summed E-state index contributed by atoms with van der Waals surface area (Å²) in [5.41, 5.74) is 0.733. The van der Waals surface area contributed by atoms with Gasteiger partial charge in [-0.3, -0.25) is 14.2 Å². The van der Waals surface area contributed by atoms with Gasteiger partial charge in [0.1, 0.15) is 12.4 Å². The van der Waals surface area contributed by atoms with Gasteiger partial charge in [0, 0.05) is 38.4 Å². The van der Waals surface area contributed by atoms with Gasteiger partial charge in [0.15, 0.2) is 0 Å². The van der Waals surface area contributed by atoms with Crippen LogP contribution in [0.15, 0.2) is 58.1 Å². The summed E-state index contributed by atoms with van der Waals surface area (Å²) in [6, 6.07) is 13.2. The second kappa shape index (κ2) is 8.77. The molecule has 10 heteroatoms. The van der Waals surface area contributed by atoms with Gasteiger partial charge in [-0.2, -0.15) is 0 Å². The molecule has 2 aromatic carbocycles. The minimum Gasteiger partial charge on any atom is -0.368 e. The summed E-state index contributed by atoms with van der Waals surface area (Å²) in [5, 5.41) is 4.82. The van der Waals surface area contributed by atoms with E-state index in [2.05, 4.69) is 10.00 Å². The van der Waals surface area contributed by atoms with E-state index >= 15 is 0 Å². The van der Waals surface area contributed by atoms with E-state index in [9.17, 15) is 18.8 Å². The number of aryl methyl sites for hydroxylation is 1. The summed E-state index contributed by atoms with van der Waals surface area (Å²) in [5.74, 6) is -0.255. The Labute approximate surface area is 194 Å². The third kappa shape index (κ3) is 3.74. The summed E-state index contributed by atoms with van der Waals surface area (Å²) in [6.07, 6.45) is 0.701. The molecule has 1 saturated heterocycles. The molecule has 0 aliphatic carbocycles. The third-order valence-corrected chi connectivity index (χ3v) is 6.24. The molecule has 3 heterocycles. The zero-order valence-corrected chi connectivity index (χ0v) is 18.9. The molecular formula is C24H25FN6O3. The number of benzene rings is 2. The van der Waals surface area contributed by atoms with Crippen LogP contribution in [0.3, 0.4) is 0 Å². The molecule has 4 aromatic rings. The van der Waals surface area contributed by atoms with Crippen LogP contribution in [0.4, 0.5) is 10.1 Å². The summed E-state index contributed by atoms with van der Waals surface area (Å²) in [6.45, 7) is 4.36. The Morgan fingerprint density at radius 3 is 2.41 bits per heavy atom. The number of carbonyl (C=O) groups excluding carboxylic acids is 1. The molecule has 1 aliphatic rings. The molecule has 34 heavy (non-hydrogen) atoms. The first-order valence-electron chi connectivity index (χ1n) is 11.4. The fraction of sp³-hybridized carbons (Fsp3) is 0.333. The average Bonchev–Trinajstić information content (AvgIpc) is 3.18. The second-order valence-corrected chi connectivity index (χ2v) is 8.39. The van der Waals surface area contributed by atoms with Crippen LogP contribution >= 0.6 is 0 Å². The lowest BCUT2D eigenvalue weighted by molar-refractivity contribution is -0.132. The maximum Gasteiger partial charge on any atom is 0.352 e. The summed E-state index contributed by atoms with van der Waals surface area (Å²) >= 11 is 0. The Morgan fingerprint density at radius 2 is 1.71 bits per heavy atom. The number of para-hydroxylation sites is 1. The topological polar surface area (TPSA) is 84.8 Å². The van der Waals surface area contributed by atoms with Gasteiger partial charge >= 0.3 is 5.69 Å². The van der Waals surface area contributed by atoms with Gasteiger partial charge < -0.3 is 9.80 Å². The fourth-order valence-electron chi connectivity index (χ4n) is 4.49. The van der Waals surface area contributed by atoms with Crippen LogP contribution in [0.5, 0.6) is 0 Å². The summed E-state index contributed by atoms with van der Waals surface area (Å²) in [7, 11) is 0. The van der Waals surface area contributed by atoms with Crippen molar-refractivity contribution in [3.8, 4) is 0 Å². The van der Waals surface area contributed by atoms with Crippen LogP contribution < -0.4 is 16.1 Å². The smallest absolute Gasteiger partial charge is 0.352 e. The number of rotatable bonds is 5. The first-order chi connectivity index (χ1) is 16.5. The van der Waals surface area contributed by atoms with Crippen LogP contribution in [-0.4, -0.2) is 55.7 Å². The molecule has 0 N–H and O–H groups in total. The van der Waals surface area contributed by atoms with Gasteiger partial charge in [-0.05, 0) is 42.8 Å². The molecular weight excluding hydrogens is 439 g/mol. The Bertz CT molecular complexity index is 1480. The maximum atomic E-state index is 13.2. The first kappa shape index (κ1) is 21.9. The lowest BCUT2D eigenvalue weighted by Crippen LogP contribution is -2.50. The van der Waals surface area contributed by atoms with E-state index in [1.165, 1.54) is 21.1 Å². The van der Waals surface area contributed by atoms with Crippen molar-refractivity contribution in [2.45, 2.75) is 26.4 Å². The van der Waals surface area contributed by atoms with Crippen molar-refractivity contribution in [1.29, 1.82) is 0 Å². The van der Waals surface area contributed by atoms with Crippen LogP contribution in [0, 0.1) is 5.82 Å². The Balaban J connectivity index is 1.40. The molecule has 0 spiro atoms. The maximum absolute atomic E-state index is 13.2. The highest BCUT2D eigenvalue weighted by atomic mass is 19.1. The van der Waals surface area contributed by atoms with E-state index in [0.29, 0.717) is 50.0 Å². The van der Waals surface area contributed by atoms with E-state index in [4.69, 9.17) is 0 Å². The number of halogens is 1. The Hall–Kier alpha value is -3.95. The highest BCUT2D eigenvalue weighted by Crippen LogP contribution is 2.17. The number of nitrogens with zero attached hydrogens (tertiary/aromatic N) is 6. The Morgan fingerprint density at radius 1 is 1.00 bits per heavy atom. The van der Waals surface area contributed by atoms with Crippen molar-refractivity contribution < 1.29 is 9.18 Å². The minimum absolute atomic E-state index is 0.203. The first-order valence-corrected chi connectivity index (χ1v) is 11.4. The van der Waals surface area contributed by atoms with Crippen LogP contribution in [0.1, 0.15) is 13.3 Å². The highest BCUT2D eigenvalue weighted by Gasteiger charge is 2.24. The van der Waals surface area contributed by atoms with Crippen molar-refractivity contribution in [2.75, 3.05) is 31.1 Å². The second-order valence-electron chi connectivity index (χ2n) is 8.39. The van der Waals surface area contributed by atoms with E-state index < -0.39 is 5.69 Å². The molecule has 5 rings (SSSR count). The molecule has 0 radical (unpaired) electrons. The van der Waals surface area contributed by atoms with Crippen LogP contribution in [0.2, 0.25) is 0 Å². The summed E-state index contributed by atoms with van der Waals surface area (Å²) in [4.78, 5) is 43.0. The standard InChI is InChI=1S/C24H25FN6O3/c1-2-11-29-22(33)19-5-3-4-6-20(19)31-23(29)26-30(24(31)34)16-21(32)28-14-12-27(13-15-28)18-9-7-17(25)8-10-18/h3-10H,2,11-16H2,1H3. The molecule has 0 saturated carbocycles. The fourth-order valence-corrected chi connectivity index (χ4v) is 4.49. The van der Waals surface area contributed by atoms with Gasteiger partial charge in [-0.1, -0.05) is 19.1 Å². The average molecular weight is 465 g/mol. The number of anilines is 1. The normalized spacial score (nSPS) is 14.3. The molecule has 9 nitrogen and oxygen atoms in total. The lowest BCUT2D eigenvalue weighted by Gasteiger charge is -2.36. The molecule has 1 fully saturated rings. The number of carbonyl (C=O) groups is 1. The molecule has 0 atom stereocenters. The molecule has 1 amide bonds. The van der Waals surface area contributed by atoms with E-state index in [0.717, 1.165) is 10.4 Å². The number of aromatic nitrogens is 4. The molecule has 2 aromatic heterocycles. The van der Waals surface area contributed by atoms with Gasteiger partial charge in [0.05, 0.1) is 10.9 Å². The lowest BCUT2D eigenvalue weighted by atomic mass is 10.2. The van der Waals surface area contributed by atoms with E-state index in [1.807, 2.05) is 6.92 Å². The monoisotopic (exact) mass is 464 g/mol. The van der Waals surface area contributed by atoms with Crippen molar-refractivity contribution in [1.82, 2.24) is 23.6 Å². The van der Waals surface area contributed by atoms with Crippen LogP contribution in [0.25, 0.3) is 16.7 Å². The SMILES string of the molecule is CCCn1c(=O)c2ccccc2n2c(=O)n(CC(=O)N3CCN(c4ccc(F)cc4)CC3)nc12. The van der Waals surface area contributed by atoms with Gasteiger partial charge in [-0.25, -0.2) is 18.3 Å². The van der Waals surface area contributed by atoms with E-state index in [-0.39, 0.29) is 29.6 Å². The van der Waals surface area contributed by atoms with Gasteiger partial charge in [0.25, 0.3) is 5.56 Å². The summed E-state index contributed by atoms with van der Waals surface area (Å²) < 4.78 is 17.2. The number of fused-ring (bicyclic) bond motifs is 3. The number of hydrogen-bond donors (Lipinski definition) is 0.